The lowest BCUT2D eigenvalue weighted by Gasteiger charge is -2.18. The van der Waals surface area contributed by atoms with Gasteiger partial charge in [-0.1, -0.05) is 30.3 Å². The normalized spacial score (nSPS) is 19.6. The van der Waals surface area contributed by atoms with Gasteiger partial charge >= 0.3 is 0 Å². The second kappa shape index (κ2) is 5.81. The average molecular weight is 321 g/mol. The molecule has 0 radical (unpaired) electrons. The highest BCUT2D eigenvalue weighted by atomic mass is 32.2. The summed E-state index contributed by atoms with van der Waals surface area (Å²) in [7, 11) is -3.47. The molecule has 1 fully saturated rings. The van der Waals surface area contributed by atoms with E-state index >= 15 is 0 Å². The molecule has 1 atom stereocenters. The average Bonchev–Trinajstić information content (AvgIpc) is 3.16. The van der Waals surface area contributed by atoms with E-state index in [1.54, 1.807) is 19.1 Å². The zero-order valence-corrected chi connectivity index (χ0v) is 13.5. The molecule has 1 aliphatic heterocycles. The van der Waals surface area contributed by atoms with Crippen molar-refractivity contribution in [2.75, 3.05) is 13.1 Å². The molecule has 0 bridgehead atoms. The van der Waals surface area contributed by atoms with Gasteiger partial charge in [-0.15, -0.1) is 0 Å². The molecule has 0 spiro atoms. The standard InChI is InChI=1S/C15H19N3O3S/c1-3-12-6-4-5-7-14(12)22(19,20)18-9-8-13(10-18)15-16-11(2)17-21-15/h4-7,13H,3,8-10H2,1-2H3. The number of sulfonamides is 1. The maximum atomic E-state index is 12.9. The summed E-state index contributed by atoms with van der Waals surface area (Å²) >= 11 is 0. The monoisotopic (exact) mass is 321 g/mol. The van der Waals surface area contributed by atoms with E-state index in [2.05, 4.69) is 10.1 Å². The first-order valence-corrected chi connectivity index (χ1v) is 8.84. The molecule has 1 aliphatic rings. The van der Waals surface area contributed by atoms with Crippen molar-refractivity contribution < 1.29 is 12.9 Å². The van der Waals surface area contributed by atoms with Crippen LogP contribution in [-0.2, 0) is 16.4 Å². The van der Waals surface area contributed by atoms with Gasteiger partial charge in [-0.25, -0.2) is 8.42 Å². The third-order valence-electron chi connectivity index (χ3n) is 4.01. The highest BCUT2D eigenvalue weighted by Gasteiger charge is 2.36. The van der Waals surface area contributed by atoms with Crippen molar-refractivity contribution >= 4 is 10.0 Å². The van der Waals surface area contributed by atoms with E-state index < -0.39 is 10.0 Å². The molecule has 2 aromatic rings. The molecule has 2 heterocycles. The Labute approximate surface area is 130 Å². The largest absolute Gasteiger partial charge is 0.339 e. The number of hydrogen-bond donors (Lipinski definition) is 0. The number of hydrogen-bond acceptors (Lipinski definition) is 5. The predicted octanol–water partition coefficient (Wildman–Crippen LogP) is 2.12. The number of aryl methyl sites for hydroxylation is 2. The predicted molar refractivity (Wildman–Crippen MR) is 81.0 cm³/mol. The molecule has 0 N–H and O–H groups in total. The van der Waals surface area contributed by atoms with E-state index in [0.717, 1.165) is 5.56 Å². The Hall–Kier alpha value is -1.73. The fourth-order valence-corrected chi connectivity index (χ4v) is 4.61. The van der Waals surface area contributed by atoms with E-state index in [0.29, 0.717) is 42.5 Å². The summed E-state index contributed by atoms with van der Waals surface area (Å²) < 4.78 is 32.4. The van der Waals surface area contributed by atoms with Gasteiger partial charge in [-0.2, -0.15) is 9.29 Å². The fraction of sp³-hybridized carbons (Fsp3) is 0.467. The molecule has 7 heteroatoms. The Kier molecular flexibility index (Phi) is 4.01. The summed E-state index contributed by atoms with van der Waals surface area (Å²) in [5.74, 6) is 1.08. The molecule has 3 rings (SSSR count). The summed E-state index contributed by atoms with van der Waals surface area (Å²) in [5, 5.41) is 3.78. The number of aromatic nitrogens is 2. The second-order valence-electron chi connectivity index (χ2n) is 5.49. The molecular weight excluding hydrogens is 302 g/mol. The molecule has 0 amide bonds. The molecule has 22 heavy (non-hydrogen) atoms. The Morgan fingerprint density at radius 3 is 2.82 bits per heavy atom. The Bertz CT molecular complexity index is 770. The number of benzene rings is 1. The lowest BCUT2D eigenvalue weighted by molar-refractivity contribution is 0.351. The van der Waals surface area contributed by atoms with Crippen LogP contribution < -0.4 is 0 Å². The first-order valence-electron chi connectivity index (χ1n) is 7.40. The van der Waals surface area contributed by atoms with Crippen LogP contribution in [0.1, 0.15) is 36.5 Å². The first-order chi connectivity index (χ1) is 10.5. The van der Waals surface area contributed by atoms with Crippen molar-refractivity contribution in [1.29, 1.82) is 0 Å². The molecule has 118 valence electrons. The van der Waals surface area contributed by atoms with Crippen LogP contribution in [0.5, 0.6) is 0 Å². The molecule has 1 saturated heterocycles. The summed E-state index contributed by atoms with van der Waals surface area (Å²) in [5.41, 5.74) is 0.847. The van der Waals surface area contributed by atoms with E-state index in [9.17, 15) is 8.42 Å². The van der Waals surface area contributed by atoms with Crippen LogP contribution >= 0.6 is 0 Å². The highest BCUT2D eigenvalue weighted by molar-refractivity contribution is 7.89. The molecule has 0 aliphatic carbocycles. The fourth-order valence-electron chi connectivity index (χ4n) is 2.81. The van der Waals surface area contributed by atoms with Crippen molar-refractivity contribution in [2.45, 2.75) is 37.5 Å². The Morgan fingerprint density at radius 2 is 2.14 bits per heavy atom. The van der Waals surface area contributed by atoms with Gasteiger partial charge in [0, 0.05) is 13.1 Å². The molecule has 0 saturated carbocycles. The SMILES string of the molecule is CCc1ccccc1S(=O)(=O)N1CCC(c2nc(C)no2)C1. The van der Waals surface area contributed by atoms with Crippen LogP contribution in [0.25, 0.3) is 0 Å². The Morgan fingerprint density at radius 1 is 1.36 bits per heavy atom. The van der Waals surface area contributed by atoms with Crippen LogP contribution in [0.2, 0.25) is 0 Å². The van der Waals surface area contributed by atoms with E-state index in [1.165, 1.54) is 4.31 Å². The minimum atomic E-state index is -3.47. The maximum Gasteiger partial charge on any atom is 0.243 e. The number of rotatable bonds is 4. The Balaban J connectivity index is 1.85. The van der Waals surface area contributed by atoms with Crippen molar-refractivity contribution in [3.63, 3.8) is 0 Å². The van der Waals surface area contributed by atoms with E-state index in [1.807, 2.05) is 19.1 Å². The van der Waals surface area contributed by atoms with Gasteiger partial charge in [-0.05, 0) is 31.4 Å². The van der Waals surface area contributed by atoms with Gasteiger partial charge in [0.15, 0.2) is 5.82 Å². The van der Waals surface area contributed by atoms with Gasteiger partial charge in [-0.3, -0.25) is 0 Å². The van der Waals surface area contributed by atoms with E-state index in [-0.39, 0.29) is 5.92 Å². The van der Waals surface area contributed by atoms with Gasteiger partial charge in [0.05, 0.1) is 10.8 Å². The first kappa shape index (κ1) is 15.2. The van der Waals surface area contributed by atoms with Crippen LogP contribution in [-0.4, -0.2) is 36.0 Å². The van der Waals surface area contributed by atoms with Gasteiger partial charge in [0.25, 0.3) is 0 Å². The minimum Gasteiger partial charge on any atom is -0.339 e. The van der Waals surface area contributed by atoms with Crippen LogP contribution in [0.3, 0.4) is 0 Å². The second-order valence-corrected chi connectivity index (χ2v) is 7.40. The van der Waals surface area contributed by atoms with E-state index in [4.69, 9.17) is 4.52 Å². The van der Waals surface area contributed by atoms with Crippen LogP contribution in [0, 0.1) is 6.92 Å². The van der Waals surface area contributed by atoms with Crippen LogP contribution in [0.4, 0.5) is 0 Å². The highest BCUT2D eigenvalue weighted by Crippen LogP contribution is 2.31. The van der Waals surface area contributed by atoms with Gasteiger partial charge < -0.3 is 4.52 Å². The molecule has 1 aromatic carbocycles. The van der Waals surface area contributed by atoms with Crippen molar-refractivity contribution in [3.8, 4) is 0 Å². The third kappa shape index (κ3) is 2.66. The maximum absolute atomic E-state index is 12.9. The smallest absolute Gasteiger partial charge is 0.243 e. The van der Waals surface area contributed by atoms with Crippen molar-refractivity contribution in [2.24, 2.45) is 0 Å². The van der Waals surface area contributed by atoms with Gasteiger partial charge in [0.2, 0.25) is 15.9 Å². The minimum absolute atomic E-state index is 0.0234. The van der Waals surface area contributed by atoms with Crippen molar-refractivity contribution in [1.82, 2.24) is 14.4 Å². The van der Waals surface area contributed by atoms with Gasteiger partial charge in [0.1, 0.15) is 0 Å². The summed E-state index contributed by atoms with van der Waals surface area (Å²) in [4.78, 5) is 4.62. The van der Waals surface area contributed by atoms with Crippen LogP contribution in [0.15, 0.2) is 33.7 Å². The zero-order chi connectivity index (χ0) is 15.7. The zero-order valence-electron chi connectivity index (χ0n) is 12.7. The lowest BCUT2D eigenvalue weighted by atomic mass is 10.1. The molecular formula is C15H19N3O3S. The molecule has 6 nitrogen and oxygen atoms in total. The number of nitrogens with zero attached hydrogens (tertiary/aromatic N) is 3. The summed E-state index contributed by atoms with van der Waals surface area (Å²) in [6, 6.07) is 7.17. The quantitative estimate of drug-likeness (QED) is 0.862. The molecule has 1 aromatic heterocycles. The molecule has 1 unspecified atom stereocenters. The van der Waals surface area contributed by atoms with Crippen molar-refractivity contribution in [3.05, 3.63) is 41.5 Å². The summed E-state index contributed by atoms with van der Waals surface area (Å²) in [6.45, 7) is 4.59. The third-order valence-corrected chi connectivity index (χ3v) is 5.98. The lowest BCUT2D eigenvalue weighted by Crippen LogP contribution is -2.29. The summed E-state index contributed by atoms with van der Waals surface area (Å²) in [6.07, 6.45) is 1.39. The topological polar surface area (TPSA) is 76.3 Å².